The van der Waals surface area contributed by atoms with Crippen LogP contribution in [-0.4, -0.2) is 61.1 Å². The molecular weight excluding hydrogens is 194 g/mol. The van der Waals surface area contributed by atoms with E-state index in [9.17, 15) is 9.59 Å². The van der Waals surface area contributed by atoms with Crippen molar-refractivity contribution < 1.29 is 14.1 Å². The molecular formula is C10H20N3O2+. The number of imide groups is 1. The fraction of sp³-hybridized carbons (Fsp3) is 0.800. The summed E-state index contributed by atoms with van der Waals surface area (Å²) >= 11 is 0. The molecule has 0 saturated carbocycles. The molecule has 0 atom stereocenters. The van der Waals surface area contributed by atoms with Gasteiger partial charge in [0.25, 0.3) is 5.91 Å². The Labute approximate surface area is 90.6 Å². The van der Waals surface area contributed by atoms with E-state index in [0.29, 0.717) is 6.54 Å². The van der Waals surface area contributed by atoms with Gasteiger partial charge >= 0.3 is 6.03 Å². The van der Waals surface area contributed by atoms with Crippen LogP contribution in [0.5, 0.6) is 0 Å². The van der Waals surface area contributed by atoms with Gasteiger partial charge in [-0.2, -0.15) is 0 Å². The van der Waals surface area contributed by atoms with Crippen molar-refractivity contribution >= 4 is 11.9 Å². The maximum Gasteiger partial charge on any atom is 0.325 e. The summed E-state index contributed by atoms with van der Waals surface area (Å²) in [6.07, 6.45) is 0. The highest BCUT2D eigenvalue weighted by molar-refractivity contribution is 6.06. The van der Waals surface area contributed by atoms with Crippen LogP contribution in [-0.2, 0) is 4.79 Å². The first kappa shape index (κ1) is 12.0. The van der Waals surface area contributed by atoms with Gasteiger partial charge in [0.1, 0.15) is 5.54 Å². The number of quaternary nitrogens is 1. The maximum atomic E-state index is 11.8. The van der Waals surface area contributed by atoms with Gasteiger partial charge < -0.3 is 9.80 Å². The molecule has 0 spiro atoms. The normalized spacial score (nSPS) is 20.7. The van der Waals surface area contributed by atoms with Crippen LogP contribution in [0.25, 0.3) is 0 Å². The third-order valence-electron chi connectivity index (χ3n) is 2.44. The van der Waals surface area contributed by atoms with Gasteiger partial charge in [0.15, 0.2) is 0 Å². The number of rotatable bonds is 3. The molecule has 0 bridgehead atoms. The van der Waals surface area contributed by atoms with Crippen LogP contribution in [0.15, 0.2) is 0 Å². The molecule has 1 fully saturated rings. The molecule has 5 nitrogen and oxygen atoms in total. The van der Waals surface area contributed by atoms with Gasteiger partial charge in [0.2, 0.25) is 0 Å². The van der Waals surface area contributed by atoms with Gasteiger partial charge in [0, 0.05) is 0 Å². The van der Waals surface area contributed by atoms with Crippen molar-refractivity contribution in [2.75, 3.05) is 34.2 Å². The molecule has 1 heterocycles. The highest BCUT2D eigenvalue weighted by Crippen LogP contribution is 2.16. The molecule has 0 aromatic rings. The predicted molar refractivity (Wildman–Crippen MR) is 57.2 cm³/mol. The maximum absolute atomic E-state index is 11.8. The average Bonchev–Trinajstić information content (AvgIpc) is 2.18. The van der Waals surface area contributed by atoms with Crippen molar-refractivity contribution in [3.8, 4) is 0 Å². The molecule has 1 aliphatic rings. The van der Waals surface area contributed by atoms with Crippen LogP contribution in [0.3, 0.4) is 0 Å². The Morgan fingerprint density at radius 3 is 2.13 bits per heavy atom. The molecule has 1 rings (SSSR count). The molecule has 0 unspecified atom stereocenters. The zero-order valence-corrected chi connectivity index (χ0v) is 10.1. The summed E-state index contributed by atoms with van der Waals surface area (Å²) in [4.78, 5) is 24.6. The highest BCUT2D eigenvalue weighted by Gasteiger charge is 2.44. The fourth-order valence-corrected chi connectivity index (χ4v) is 1.42. The lowest BCUT2D eigenvalue weighted by molar-refractivity contribution is -0.869. The second-order valence-corrected chi connectivity index (χ2v) is 5.53. The molecule has 0 aromatic carbocycles. The van der Waals surface area contributed by atoms with E-state index in [-0.39, 0.29) is 11.9 Å². The van der Waals surface area contributed by atoms with Crippen LogP contribution < -0.4 is 5.32 Å². The molecule has 86 valence electrons. The molecule has 15 heavy (non-hydrogen) atoms. The van der Waals surface area contributed by atoms with E-state index < -0.39 is 5.54 Å². The number of likely N-dealkylation sites (N-methyl/N-ethyl adjacent to an activating group) is 1. The van der Waals surface area contributed by atoms with E-state index in [4.69, 9.17) is 0 Å². The lowest BCUT2D eigenvalue weighted by atomic mass is 10.1. The number of nitrogens with one attached hydrogen (secondary N) is 1. The number of hydrogen-bond acceptors (Lipinski definition) is 2. The lowest BCUT2D eigenvalue weighted by Crippen LogP contribution is -2.45. The third-order valence-corrected chi connectivity index (χ3v) is 2.44. The van der Waals surface area contributed by atoms with E-state index >= 15 is 0 Å². The summed E-state index contributed by atoms with van der Waals surface area (Å²) < 4.78 is 0.734. The number of hydrogen-bond donors (Lipinski definition) is 1. The van der Waals surface area contributed by atoms with E-state index in [1.54, 1.807) is 13.8 Å². The van der Waals surface area contributed by atoms with Gasteiger partial charge in [-0.15, -0.1) is 0 Å². The Morgan fingerprint density at radius 1 is 1.27 bits per heavy atom. The molecule has 1 saturated heterocycles. The first-order valence-corrected chi connectivity index (χ1v) is 5.08. The molecule has 3 amide bonds. The minimum absolute atomic E-state index is 0.138. The summed E-state index contributed by atoms with van der Waals surface area (Å²) in [6, 6.07) is -0.279. The fourth-order valence-electron chi connectivity index (χ4n) is 1.42. The number of nitrogens with zero attached hydrogens (tertiary/aromatic N) is 2. The lowest BCUT2D eigenvalue weighted by Gasteiger charge is -2.26. The summed E-state index contributed by atoms with van der Waals surface area (Å²) in [5.74, 6) is -0.138. The van der Waals surface area contributed by atoms with Gasteiger partial charge in [0.05, 0.1) is 34.2 Å². The first-order chi connectivity index (χ1) is 6.63. The van der Waals surface area contributed by atoms with Gasteiger partial charge in [-0.1, -0.05) is 0 Å². The molecule has 1 N–H and O–H groups in total. The van der Waals surface area contributed by atoms with Crippen LogP contribution >= 0.6 is 0 Å². The van der Waals surface area contributed by atoms with Crippen molar-refractivity contribution in [3.63, 3.8) is 0 Å². The van der Waals surface area contributed by atoms with Gasteiger partial charge in [-0.05, 0) is 13.8 Å². The number of urea groups is 1. The first-order valence-electron chi connectivity index (χ1n) is 5.08. The second-order valence-electron chi connectivity index (χ2n) is 5.53. The van der Waals surface area contributed by atoms with Crippen LogP contribution in [0.4, 0.5) is 4.79 Å². The number of carbonyl (C=O) groups excluding carboxylic acids is 2. The molecule has 0 radical (unpaired) electrons. The van der Waals surface area contributed by atoms with Gasteiger partial charge in [-0.25, -0.2) is 4.79 Å². The van der Waals surface area contributed by atoms with Crippen LogP contribution in [0, 0.1) is 0 Å². The average molecular weight is 214 g/mol. The predicted octanol–water partition coefficient (Wildman–Crippen LogP) is 0.0230. The Hall–Kier alpha value is -1.10. The number of amides is 3. The topological polar surface area (TPSA) is 49.4 Å². The molecule has 0 aliphatic carbocycles. The summed E-state index contributed by atoms with van der Waals surface area (Å²) in [5, 5.41) is 2.66. The quantitative estimate of drug-likeness (QED) is 0.532. The number of carbonyl (C=O) groups is 2. The smallest absolute Gasteiger partial charge is 0.325 e. The Balaban J connectivity index is 2.64. The van der Waals surface area contributed by atoms with Crippen LogP contribution in [0.2, 0.25) is 0 Å². The zero-order valence-electron chi connectivity index (χ0n) is 10.1. The van der Waals surface area contributed by atoms with Crippen molar-refractivity contribution in [3.05, 3.63) is 0 Å². The van der Waals surface area contributed by atoms with Gasteiger partial charge in [-0.3, -0.25) is 9.69 Å². The SMILES string of the molecule is CC1(C)NC(=O)N(CC[N+](C)(C)C)C1=O. The summed E-state index contributed by atoms with van der Waals surface area (Å²) in [7, 11) is 6.09. The van der Waals surface area contributed by atoms with Crippen molar-refractivity contribution in [1.29, 1.82) is 0 Å². The monoisotopic (exact) mass is 214 g/mol. The minimum atomic E-state index is -0.748. The Kier molecular flexibility index (Phi) is 2.78. The Morgan fingerprint density at radius 2 is 1.80 bits per heavy atom. The standard InChI is InChI=1S/C10H19N3O2/c1-10(2)8(14)12(9(15)11-10)6-7-13(3,4)5/h6-7H2,1-5H3/p+1. The second kappa shape index (κ2) is 3.48. The third kappa shape index (κ3) is 2.68. The minimum Gasteiger partial charge on any atom is -0.329 e. The van der Waals surface area contributed by atoms with E-state index in [1.165, 1.54) is 4.90 Å². The van der Waals surface area contributed by atoms with E-state index in [0.717, 1.165) is 11.0 Å². The van der Waals surface area contributed by atoms with E-state index in [1.807, 2.05) is 21.1 Å². The van der Waals surface area contributed by atoms with Crippen LogP contribution in [0.1, 0.15) is 13.8 Å². The van der Waals surface area contributed by atoms with Crippen molar-refractivity contribution in [1.82, 2.24) is 10.2 Å². The molecule has 0 aromatic heterocycles. The van der Waals surface area contributed by atoms with Crippen molar-refractivity contribution in [2.24, 2.45) is 0 Å². The van der Waals surface area contributed by atoms with Crippen molar-refractivity contribution in [2.45, 2.75) is 19.4 Å². The largest absolute Gasteiger partial charge is 0.329 e. The highest BCUT2D eigenvalue weighted by atomic mass is 16.2. The summed E-state index contributed by atoms with van der Waals surface area (Å²) in [6.45, 7) is 4.67. The molecule has 1 aliphatic heterocycles. The Bertz CT molecular complexity index is 292. The summed E-state index contributed by atoms with van der Waals surface area (Å²) in [5.41, 5.74) is -0.748. The molecule has 5 heteroatoms. The zero-order chi connectivity index (χ0) is 11.9. The van der Waals surface area contributed by atoms with E-state index in [2.05, 4.69) is 5.32 Å².